The highest BCUT2D eigenvalue weighted by Gasteiger charge is 2.27. The Morgan fingerprint density at radius 2 is 2.12 bits per heavy atom. The van der Waals surface area contributed by atoms with E-state index in [1.165, 1.54) is 53.1 Å². The molecule has 1 aromatic carbocycles. The zero-order chi connectivity index (χ0) is 18.9. The molecule has 1 aliphatic rings. The van der Waals surface area contributed by atoms with Gasteiger partial charge in [-0.25, -0.2) is 14.0 Å². The van der Waals surface area contributed by atoms with Gasteiger partial charge in [0.2, 0.25) is 5.91 Å². The molecule has 0 spiro atoms. The van der Waals surface area contributed by atoms with Crippen LogP contribution in [-0.2, 0) is 23.9 Å². The van der Waals surface area contributed by atoms with Crippen molar-refractivity contribution in [3.8, 4) is 0 Å². The van der Waals surface area contributed by atoms with Crippen LogP contribution in [0.5, 0.6) is 0 Å². The second kappa shape index (κ2) is 9.76. The number of nitrogens with zero attached hydrogens (tertiary/aromatic N) is 1. The molecule has 0 unspecified atom stereocenters. The van der Waals surface area contributed by atoms with Crippen molar-refractivity contribution in [2.75, 3.05) is 25.5 Å². The molecule has 0 saturated carbocycles. The van der Waals surface area contributed by atoms with Crippen molar-refractivity contribution in [2.24, 2.45) is 0 Å². The van der Waals surface area contributed by atoms with Crippen molar-refractivity contribution in [2.45, 2.75) is 6.92 Å². The van der Waals surface area contributed by atoms with Gasteiger partial charge in [0.25, 0.3) is 0 Å². The summed E-state index contributed by atoms with van der Waals surface area (Å²) < 4.78 is 22.9. The Kier molecular flexibility index (Phi) is 7.40. The number of halogens is 1. The fourth-order valence-corrected chi connectivity index (χ4v) is 3.07. The monoisotopic (exact) mass is 379 g/mol. The summed E-state index contributed by atoms with van der Waals surface area (Å²) in [5.41, 5.74) is 0.535. The maximum atomic E-state index is 13.1. The minimum Gasteiger partial charge on any atom is -0.463 e. The van der Waals surface area contributed by atoms with Gasteiger partial charge in [-0.3, -0.25) is 4.79 Å². The maximum Gasteiger partial charge on any atom is 0.333 e. The molecule has 1 aromatic rings. The van der Waals surface area contributed by atoms with Crippen molar-refractivity contribution in [3.05, 3.63) is 52.8 Å². The van der Waals surface area contributed by atoms with E-state index < -0.39 is 17.8 Å². The molecule has 0 bridgehead atoms. The molecule has 8 heteroatoms. The molecule has 1 aliphatic heterocycles. The normalized spacial score (nSPS) is 15.7. The Hall–Kier alpha value is -2.61. The highest BCUT2D eigenvalue weighted by Crippen LogP contribution is 2.28. The molecule has 0 N–H and O–H groups in total. The highest BCUT2D eigenvalue weighted by molar-refractivity contribution is 8.04. The average molecular weight is 379 g/mol. The van der Waals surface area contributed by atoms with Gasteiger partial charge in [0.15, 0.2) is 0 Å². The first-order valence-corrected chi connectivity index (χ1v) is 8.90. The van der Waals surface area contributed by atoms with E-state index in [0.717, 1.165) is 0 Å². The van der Waals surface area contributed by atoms with Crippen LogP contribution >= 0.6 is 11.8 Å². The lowest BCUT2D eigenvalue weighted by Crippen LogP contribution is -2.29. The number of thioether (sulfide) groups is 1. The Balaban J connectivity index is 1.84. The number of esters is 2. The molecule has 0 aromatic heterocycles. The summed E-state index contributed by atoms with van der Waals surface area (Å²) in [6.07, 6.45) is 3.88. The largest absolute Gasteiger partial charge is 0.463 e. The first-order valence-electron chi connectivity index (χ1n) is 7.91. The molecular weight excluding hydrogens is 361 g/mol. The summed E-state index contributed by atoms with van der Waals surface area (Å²) in [5.74, 6) is -1.48. The summed E-state index contributed by atoms with van der Waals surface area (Å²) in [6, 6.07) is 5.78. The summed E-state index contributed by atoms with van der Waals surface area (Å²) in [6.45, 7) is 2.05. The molecule has 0 radical (unpaired) electrons. The van der Waals surface area contributed by atoms with Crippen molar-refractivity contribution >= 4 is 35.7 Å². The number of benzene rings is 1. The van der Waals surface area contributed by atoms with Crippen molar-refractivity contribution in [3.63, 3.8) is 0 Å². The molecule has 2 rings (SSSR count). The van der Waals surface area contributed by atoms with Crippen LogP contribution in [0, 0.1) is 5.82 Å². The number of hydrogen-bond donors (Lipinski definition) is 0. The third-order valence-electron chi connectivity index (χ3n) is 3.26. The van der Waals surface area contributed by atoms with Crippen molar-refractivity contribution in [1.82, 2.24) is 4.90 Å². The fraction of sp³-hybridized carbons (Fsp3) is 0.278. The number of amides is 1. The van der Waals surface area contributed by atoms with Gasteiger partial charge >= 0.3 is 11.9 Å². The van der Waals surface area contributed by atoms with E-state index in [4.69, 9.17) is 9.47 Å². The highest BCUT2D eigenvalue weighted by atomic mass is 32.2. The fourth-order valence-electron chi connectivity index (χ4n) is 2.11. The minimum atomic E-state index is -0.607. The van der Waals surface area contributed by atoms with Crippen LogP contribution in [0.1, 0.15) is 12.5 Å². The molecular formula is C18H18FNO5S. The van der Waals surface area contributed by atoms with E-state index in [-0.39, 0.29) is 31.4 Å². The number of rotatable bonds is 7. The topological polar surface area (TPSA) is 72.9 Å². The standard InChI is InChI=1S/C18H18FNO5S/c1-2-24-18(23)11-16-20(15(21)12-26-16)8-9-25-17(22)7-6-13-4-3-5-14(19)10-13/h3-7,10-11H,2,8-9,12H2,1H3/b7-6+,16-11-. The Morgan fingerprint density at radius 1 is 1.31 bits per heavy atom. The molecule has 138 valence electrons. The van der Waals surface area contributed by atoms with Crippen LogP contribution in [0.4, 0.5) is 4.39 Å². The summed E-state index contributed by atoms with van der Waals surface area (Å²) >= 11 is 1.23. The number of carbonyl (C=O) groups is 3. The third-order valence-corrected chi connectivity index (χ3v) is 4.28. The van der Waals surface area contributed by atoms with Crippen LogP contribution in [-0.4, -0.2) is 48.3 Å². The molecule has 1 heterocycles. The first kappa shape index (κ1) is 19.7. The van der Waals surface area contributed by atoms with E-state index in [0.29, 0.717) is 10.6 Å². The van der Waals surface area contributed by atoms with Gasteiger partial charge in [0.05, 0.1) is 30.0 Å². The Morgan fingerprint density at radius 3 is 2.85 bits per heavy atom. The predicted molar refractivity (Wildman–Crippen MR) is 95.3 cm³/mol. The third kappa shape index (κ3) is 6.03. The second-order valence-corrected chi connectivity index (χ2v) is 6.12. The second-order valence-electron chi connectivity index (χ2n) is 5.12. The van der Waals surface area contributed by atoms with Crippen LogP contribution in [0.15, 0.2) is 41.4 Å². The molecule has 0 aliphatic carbocycles. The van der Waals surface area contributed by atoms with E-state index >= 15 is 0 Å². The van der Waals surface area contributed by atoms with E-state index in [2.05, 4.69) is 0 Å². The van der Waals surface area contributed by atoms with Gasteiger partial charge in [-0.15, -0.1) is 0 Å². The van der Waals surface area contributed by atoms with E-state index in [9.17, 15) is 18.8 Å². The van der Waals surface area contributed by atoms with Gasteiger partial charge in [0, 0.05) is 6.08 Å². The van der Waals surface area contributed by atoms with Crippen LogP contribution < -0.4 is 0 Å². The number of carbonyl (C=O) groups excluding carboxylic acids is 3. The zero-order valence-corrected chi connectivity index (χ0v) is 15.0. The summed E-state index contributed by atoms with van der Waals surface area (Å²) in [4.78, 5) is 36.5. The smallest absolute Gasteiger partial charge is 0.333 e. The maximum absolute atomic E-state index is 13.1. The number of hydrogen-bond acceptors (Lipinski definition) is 6. The first-order chi connectivity index (χ1) is 12.5. The van der Waals surface area contributed by atoms with Crippen molar-refractivity contribution in [1.29, 1.82) is 0 Å². The minimum absolute atomic E-state index is 0.0290. The van der Waals surface area contributed by atoms with E-state index in [1.54, 1.807) is 13.0 Å². The van der Waals surface area contributed by atoms with Gasteiger partial charge in [-0.1, -0.05) is 23.9 Å². The summed E-state index contributed by atoms with van der Waals surface area (Å²) in [5, 5.41) is 0.472. The predicted octanol–water partition coefficient (Wildman–Crippen LogP) is 2.36. The van der Waals surface area contributed by atoms with Crippen LogP contribution in [0.25, 0.3) is 6.08 Å². The molecule has 1 amide bonds. The van der Waals surface area contributed by atoms with E-state index in [1.807, 2.05) is 0 Å². The van der Waals surface area contributed by atoms with Gasteiger partial charge in [-0.2, -0.15) is 0 Å². The quantitative estimate of drug-likeness (QED) is 0.535. The lowest BCUT2D eigenvalue weighted by atomic mass is 10.2. The number of ether oxygens (including phenoxy) is 2. The molecule has 26 heavy (non-hydrogen) atoms. The molecule has 1 fully saturated rings. The SMILES string of the molecule is CCOC(=O)/C=C1\SCC(=O)N1CCOC(=O)/C=C/c1cccc(F)c1. The summed E-state index contributed by atoms with van der Waals surface area (Å²) in [7, 11) is 0. The molecule has 1 saturated heterocycles. The molecule has 6 nitrogen and oxygen atoms in total. The van der Waals surface area contributed by atoms with Crippen LogP contribution in [0.3, 0.4) is 0 Å². The molecule has 0 atom stereocenters. The van der Waals surface area contributed by atoms with Crippen LogP contribution in [0.2, 0.25) is 0 Å². The Bertz CT molecular complexity index is 747. The van der Waals surface area contributed by atoms with Gasteiger partial charge in [-0.05, 0) is 30.7 Å². The lowest BCUT2D eigenvalue weighted by Gasteiger charge is -2.16. The van der Waals surface area contributed by atoms with Gasteiger partial charge < -0.3 is 14.4 Å². The average Bonchev–Trinajstić information content (AvgIpc) is 2.93. The van der Waals surface area contributed by atoms with Gasteiger partial charge in [0.1, 0.15) is 12.4 Å². The van der Waals surface area contributed by atoms with Crippen molar-refractivity contribution < 1.29 is 28.2 Å². The lowest BCUT2D eigenvalue weighted by molar-refractivity contribution is -0.140. The zero-order valence-electron chi connectivity index (χ0n) is 14.1. The Labute approximate surface area is 154 Å².